The molecule has 1 aliphatic carbocycles. The van der Waals surface area contributed by atoms with E-state index in [2.05, 4.69) is 5.32 Å². The number of amides is 2. The van der Waals surface area contributed by atoms with E-state index in [0.717, 1.165) is 45.3 Å². The topological polar surface area (TPSA) is 67.9 Å². The third-order valence-corrected chi connectivity index (χ3v) is 5.82. The smallest absolute Gasteiger partial charge is 0.253 e. The number of carbonyl (C=O) groups is 2. The molecule has 6 heteroatoms. The Morgan fingerprint density at radius 2 is 1.70 bits per heavy atom. The molecule has 0 atom stereocenters. The van der Waals surface area contributed by atoms with Gasteiger partial charge in [-0.15, -0.1) is 0 Å². The van der Waals surface area contributed by atoms with E-state index in [1.54, 1.807) is 32.4 Å². The van der Waals surface area contributed by atoms with Crippen LogP contribution in [0.1, 0.15) is 48.9 Å². The summed E-state index contributed by atoms with van der Waals surface area (Å²) in [4.78, 5) is 26.8. The average Bonchev–Trinajstić information content (AvgIpc) is 3.26. The molecule has 2 aliphatic rings. The number of rotatable bonds is 6. The van der Waals surface area contributed by atoms with Crippen molar-refractivity contribution in [3.8, 4) is 11.5 Å². The Morgan fingerprint density at radius 1 is 1.04 bits per heavy atom. The minimum absolute atomic E-state index is 0.0180. The predicted octanol–water partition coefficient (Wildman–Crippen LogP) is 2.86. The molecule has 6 nitrogen and oxygen atoms in total. The van der Waals surface area contributed by atoms with Crippen LogP contribution in [-0.2, 0) is 4.79 Å². The number of nitrogens with one attached hydrogen (secondary N) is 1. The lowest BCUT2D eigenvalue weighted by Gasteiger charge is -2.32. The summed E-state index contributed by atoms with van der Waals surface area (Å²) in [5.74, 6) is 2.08. The van der Waals surface area contributed by atoms with Crippen molar-refractivity contribution in [2.24, 2.45) is 11.8 Å². The largest absolute Gasteiger partial charge is 0.493 e. The maximum atomic E-state index is 12.8. The fourth-order valence-electron chi connectivity index (χ4n) is 4.07. The van der Waals surface area contributed by atoms with Crippen LogP contribution in [0.5, 0.6) is 11.5 Å². The highest BCUT2D eigenvalue weighted by Crippen LogP contribution is 2.29. The lowest BCUT2D eigenvalue weighted by Crippen LogP contribution is -2.42. The van der Waals surface area contributed by atoms with Gasteiger partial charge in [-0.2, -0.15) is 0 Å². The van der Waals surface area contributed by atoms with Crippen LogP contribution in [-0.4, -0.2) is 50.6 Å². The van der Waals surface area contributed by atoms with E-state index in [-0.39, 0.29) is 17.7 Å². The molecule has 1 aliphatic heterocycles. The van der Waals surface area contributed by atoms with Gasteiger partial charge in [0.1, 0.15) is 0 Å². The summed E-state index contributed by atoms with van der Waals surface area (Å²) in [7, 11) is 3.15. The first-order valence-electron chi connectivity index (χ1n) is 9.91. The Balaban J connectivity index is 1.48. The quantitative estimate of drug-likeness (QED) is 0.831. The second kappa shape index (κ2) is 9.11. The SMILES string of the molecule is COc1ccc(C(=O)N2CCC(CNC(=O)C3CCCC3)CC2)cc1OC. The number of methoxy groups -OCH3 is 2. The first-order valence-corrected chi connectivity index (χ1v) is 9.91. The molecule has 148 valence electrons. The minimum atomic E-state index is 0.0180. The summed E-state index contributed by atoms with van der Waals surface area (Å²) in [5, 5.41) is 3.12. The van der Waals surface area contributed by atoms with Crippen molar-refractivity contribution >= 4 is 11.8 Å². The van der Waals surface area contributed by atoms with Crippen molar-refractivity contribution in [3.05, 3.63) is 23.8 Å². The standard InChI is InChI=1S/C21H30N2O4/c1-26-18-8-7-17(13-19(18)27-2)21(25)23-11-9-15(10-12-23)14-22-20(24)16-5-3-4-6-16/h7-8,13,15-16H,3-6,9-12,14H2,1-2H3,(H,22,24). The van der Waals surface area contributed by atoms with Crippen molar-refractivity contribution < 1.29 is 19.1 Å². The Kier molecular flexibility index (Phi) is 6.58. The molecule has 27 heavy (non-hydrogen) atoms. The van der Waals surface area contributed by atoms with E-state index in [4.69, 9.17) is 9.47 Å². The van der Waals surface area contributed by atoms with Crippen LogP contribution < -0.4 is 14.8 Å². The number of hydrogen-bond donors (Lipinski definition) is 1. The predicted molar refractivity (Wildman–Crippen MR) is 103 cm³/mol. The first-order chi connectivity index (χ1) is 13.1. The van der Waals surface area contributed by atoms with E-state index in [9.17, 15) is 9.59 Å². The summed E-state index contributed by atoms with van der Waals surface area (Å²) >= 11 is 0. The van der Waals surface area contributed by atoms with Gasteiger partial charge in [0.15, 0.2) is 11.5 Å². The second-order valence-electron chi connectivity index (χ2n) is 7.53. The van der Waals surface area contributed by atoms with Crippen molar-refractivity contribution in [1.82, 2.24) is 10.2 Å². The molecular formula is C21H30N2O4. The van der Waals surface area contributed by atoms with Crippen LogP contribution in [0.3, 0.4) is 0 Å². The van der Waals surface area contributed by atoms with Gasteiger partial charge in [0.2, 0.25) is 5.91 Å². The molecule has 0 spiro atoms. The molecule has 1 heterocycles. The Labute approximate surface area is 161 Å². The van der Waals surface area contributed by atoms with E-state index in [0.29, 0.717) is 23.0 Å². The van der Waals surface area contributed by atoms with Gasteiger partial charge < -0.3 is 19.7 Å². The highest BCUT2D eigenvalue weighted by atomic mass is 16.5. The molecule has 1 saturated heterocycles. The van der Waals surface area contributed by atoms with Gasteiger partial charge in [0.25, 0.3) is 5.91 Å². The van der Waals surface area contributed by atoms with Crippen LogP contribution in [0.25, 0.3) is 0 Å². The third-order valence-electron chi connectivity index (χ3n) is 5.82. The van der Waals surface area contributed by atoms with Crippen molar-refractivity contribution in [2.75, 3.05) is 33.9 Å². The van der Waals surface area contributed by atoms with Gasteiger partial charge in [-0.25, -0.2) is 0 Å². The highest BCUT2D eigenvalue weighted by Gasteiger charge is 2.26. The molecule has 3 rings (SSSR count). The minimum Gasteiger partial charge on any atom is -0.493 e. The van der Waals surface area contributed by atoms with Gasteiger partial charge in [-0.1, -0.05) is 12.8 Å². The monoisotopic (exact) mass is 374 g/mol. The number of hydrogen-bond acceptors (Lipinski definition) is 4. The maximum Gasteiger partial charge on any atom is 0.253 e. The number of nitrogens with zero attached hydrogens (tertiary/aromatic N) is 1. The lowest BCUT2D eigenvalue weighted by atomic mass is 9.95. The molecule has 0 unspecified atom stereocenters. The number of carbonyl (C=O) groups excluding carboxylic acids is 2. The fourth-order valence-corrected chi connectivity index (χ4v) is 4.07. The summed E-state index contributed by atoms with van der Waals surface area (Å²) in [6.07, 6.45) is 6.26. The zero-order valence-electron chi connectivity index (χ0n) is 16.3. The molecule has 0 aromatic heterocycles. The fraction of sp³-hybridized carbons (Fsp3) is 0.619. The number of ether oxygens (including phenoxy) is 2. The molecule has 0 bridgehead atoms. The number of benzene rings is 1. The molecule has 1 aromatic rings. The van der Waals surface area contributed by atoms with Gasteiger partial charge in [-0.05, 0) is 49.8 Å². The van der Waals surface area contributed by atoms with Crippen LogP contribution in [0.15, 0.2) is 18.2 Å². The average molecular weight is 374 g/mol. The maximum absolute atomic E-state index is 12.8. The number of likely N-dealkylation sites (tertiary alicyclic amines) is 1. The summed E-state index contributed by atoms with van der Waals surface area (Å²) in [5.41, 5.74) is 0.612. The highest BCUT2D eigenvalue weighted by molar-refractivity contribution is 5.95. The number of piperidine rings is 1. The summed E-state index contributed by atoms with van der Waals surface area (Å²) in [6, 6.07) is 5.27. The molecule has 2 amide bonds. The zero-order chi connectivity index (χ0) is 19.2. The lowest BCUT2D eigenvalue weighted by molar-refractivity contribution is -0.125. The third kappa shape index (κ3) is 4.73. The molecule has 1 saturated carbocycles. The molecule has 1 N–H and O–H groups in total. The van der Waals surface area contributed by atoms with Gasteiger partial charge in [-0.3, -0.25) is 9.59 Å². The van der Waals surface area contributed by atoms with Crippen molar-refractivity contribution in [1.29, 1.82) is 0 Å². The molecule has 1 aromatic carbocycles. The second-order valence-corrected chi connectivity index (χ2v) is 7.53. The summed E-state index contributed by atoms with van der Waals surface area (Å²) < 4.78 is 10.5. The van der Waals surface area contributed by atoms with Crippen molar-refractivity contribution in [3.63, 3.8) is 0 Å². The van der Waals surface area contributed by atoms with Gasteiger partial charge in [0.05, 0.1) is 14.2 Å². The van der Waals surface area contributed by atoms with E-state index in [1.165, 1.54) is 12.8 Å². The van der Waals surface area contributed by atoms with E-state index in [1.807, 2.05) is 4.90 Å². The molecule has 2 fully saturated rings. The Bertz CT molecular complexity index is 662. The Hall–Kier alpha value is -2.24. The molecular weight excluding hydrogens is 344 g/mol. The van der Waals surface area contributed by atoms with E-state index >= 15 is 0 Å². The van der Waals surface area contributed by atoms with E-state index < -0.39 is 0 Å². The Morgan fingerprint density at radius 3 is 2.33 bits per heavy atom. The van der Waals surface area contributed by atoms with Crippen LogP contribution >= 0.6 is 0 Å². The summed E-state index contributed by atoms with van der Waals surface area (Å²) in [6.45, 7) is 2.17. The molecule has 0 radical (unpaired) electrons. The van der Waals surface area contributed by atoms with Gasteiger partial charge in [0, 0.05) is 31.1 Å². The normalized spacial score (nSPS) is 18.4. The van der Waals surface area contributed by atoms with Crippen LogP contribution in [0, 0.1) is 11.8 Å². The van der Waals surface area contributed by atoms with Gasteiger partial charge >= 0.3 is 0 Å². The van der Waals surface area contributed by atoms with Crippen molar-refractivity contribution in [2.45, 2.75) is 38.5 Å². The first kappa shape index (κ1) is 19.5. The van der Waals surface area contributed by atoms with Crippen LogP contribution in [0.4, 0.5) is 0 Å². The zero-order valence-corrected chi connectivity index (χ0v) is 16.3. The van der Waals surface area contributed by atoms with Crippen LogP contribution in [0.2, 0.25) is 0 Å².